The van der Waals surface area contributed by atoms with Gasteiger partial charge >= 0.3 is 0 Å². The Morgan fingerprint density at radius 1 is 1.28 bits per heavy atom. The summed E-state index contributed by atoms with van der Waals surface area (Å²) in [7, 11) is 1.68. The molecule has 0 fully saturated rings. The molecule has 0 spiro atoms. The highest BCUT2D eigenvalue weighted by Crippen LogP contribution is 2.32. The maximum atomic E-state index is 9.05. The molecule has 18 heavy (non-hydrogen) atoms. The average molecular weight is 240 g/mol. The summed E-state index contributed by atoms with van der Waals surface area (Å²) in [6.07, 6.45) is 3.57. The van der Waals surface area contributed by atoms with E-state index in [1.54, 1.807) is 13.3 Å². The van der Waals surface area contributed by atoms with Crippen LogP contribution < -0.4 is 4.74 Å². The molecule has 3 nitrogen and oxygen atoms in total. The smallest absolute Gasteiger partial charge is 0.122 e. The van der Waals surface area contributed by atoms with E-state index in [0.717, 1.165) is 22.4 Å². The number of aromatic amines is 1. The molecule has 0 saturated carbocycles. The Labute approximate surface area is 107 Å². The molecule has 0 aliphatic rings. The van der Waals surface area contributed by atoms with Crippen LogP contribution in [-0.2, 0) is 0 Å². The molecule has 92 valence electrons. The summed E-state index contributed by atoms with van der Waals surface area (Å²) in [5.74, 6) is 1.27. The van der Waals surface area contributed by atoms with E-state index in [1.165, 1.54) is 0 Å². The lowest BCUT2D eigenvalue weighted by Gasteiger charge is -2.13. The van der Waals surface area contributed by atoms with Crippen LogP contribution in [0.1, 0.15) is 30.9 Å². The van der Waals surface area contributed by atoms with Crippen LogP contribution in [0.15, 0.2) is 30.6 Å². The Morgan fingerprint density at radius 3 is 2.67 bits per heavy atom. The highest BCUT2D eigenvalue weighted by molar-refractivity contribution is 5.71. The van der Waals surface area contributed by atoms with Crippen molar-refractivity contribution < 1.29 is 4.74 Å². The van der Waals surface area contributed by atoms with Crippen molar-refractivity contribution >= 4 is 0 Å². The summed E-state index contributed by atoms with van der Waals surface area (Å²) in [4.78, 5) is 2.97. The van der Waals surface area contributed by atoms with Crippen LogP contribution in [0.3, 0.4) is 0 Å². The Balaban J connectivity index is 2.54. The summed E-state index contributed by atoms with van der Waals surface area (Å²) >= 11 is 0. The van der Waals surface area contributed by atoms with E-state index in [4.69, 9.17) is 10.00 Å². The number of nitrogens with one attached hydrogen (secondary N) is 1. The second kappa shape index (κ2) is 4.97. The quantitative estimate of drug-likeness (QED) is 0.889. The minimum Gasteiger partial charge on any atom is -0.496 e. The number of methoxy groups -OCH3 is 1. The minimum absolute atomic E-state index is 0.379. The summed E-state index contributed by atoms with van der Waals surface area (Å²) in [5.41, 5.74) is 3.79. The van der Waals surface area contributed by atoms with Crippen LogP contribution in [-0.4, -0.2) is 12.1 Å². The van der Waals surface area contributed by atoms with Gasteiger partial charge in [0, 0.05) is 18.0 Å². The van der Waals surface area contributed by atoms with Crippen molar-refractivity contribution in [3.8, 4) is 22.9 Å². The third kappa shape index (κ3) is 2.10. The molecule has 0 aliphatic carbocycles. The number of hydrogen-bond acceptors (Lipinski definition) is 2. The Bertz CT molecular complexity index is 591. The van der Waals surface area contributed by atoms with Gasteiger partial charge in [-0.2, -0.15) is 5.26 Å². The molecule has 0 saturated heterocycles. The predicted octanol–water partition coefficient (Wildman–Crippen LogP) is 3.69. The Kier molecular flexibility index (Phi) is 3.38. The fraction of sp³-hybridized carbons (Fsp3) is 0.267. The predicted molar refractivity (Wildman–Crippen MR) is 71.6 cm³/mol. The number of nitriles is 1. The summed E-state index contributed by atoms with van der Waals surface area (Å²) in [6.45, 7) is 4.26. The van der Waals surface area contributed by atoms with Gasteiger partial charge < -0.3 is 9.72 Å². The second-order valence-electron chi connectivity index (χ2n) is 4.51. The number of hydrogen-bond donors (Lipinski definition) is 1. The van der Waals surface area contributed by atoms with Crippen molar-refractivity contribution in [2.45, 2.75) is 19.8 Å². The van der Waals surface area contributed by atoms with Gasteiger partial charge in [0.2, 0.25) is 0 Å². The molecule has 0 bridgehead atoms. The molecule has 0 atom stereocenters. The molecule has 0 unspecified atom stereocenters. The normalized spacial score (nSPS) is 10.4. The maximum Gasteiger partial charge on any atom is 0.122 e. The van der Waals surface area contributed by atoms with Gasteiger partial charge in [0.25, 0.3) is 0 Å². The van der Waals surface area contributed by atoms with E-state index >= 15 is 0 Å². The third-order valence-electron chi connectivity index (χ3n) is 3.03. The van der Waals surface area contributed by atoms with Gasteiger partial charge in [-0.1, -0.05) is 19.9 Å². The van der Waals surface area contributed by atoms with Crippen molar-refractivity contribution in [2.75, 3.05) is 7.11 Å². The number of benzene rings is 1. The molecule has 0 aliphatic heterocycles. The molecule has 0 amide bonds. The van der Waals surface area contributed by atoms with Crippen molar-refractivity contribution in [1.82, 2.24) is 4.98 Å². The number of ether oxygens (including phenoxy) is 1. The van der Waals surface area contributed by atoms with Gasteiger partial charge in [-0.05, 0) is 29.2 Å². The lowest BCUT2D eigenvalue weighted by Crippen LogP contribution is -1.95. The van der Waals surface area contributed by atoms with Crippen LogP contribution in [0.25, 0.3) is 11.1 Å². The standard InChI is InChI=1S/C15H16N2O/c1-10(2)13-6-11(4-5-15(13)18-3)14-9-17-8-12(14)7-16/h4-6,8-10,17H,1-3H3. The van der Waals surface area contributed by atoms with Gasteiger partial charge in [-0.3, -0.25) is 0 Å². The third-order valence-corrected chi connectivity index (χ3v) is 3.03. The van der Waals surface area contributed by atoms with Crippen molar-refractivity contribution in [3.63, 3.8) is 0 Å². The molecule has 1 heterocycles. The van der Waals surface area contributed by atoms with Gasteiger partial charge in [-0.25, -0.2) is 0 Å². The zero-order valence-electron chi connectivity index (χ0n) is 10.8. The molecular formula is C15H16N2O. The Hall–Kier alpha value is -2.21. The van der Waals surface area contributed by atoms with Crippen LogP contribution in [0, 0.1) is 11.3 Å². The van der Waals surface area contributed by atoms with Crippen LogP contribution in [0.2, 0.25) is 0 Å². The molecule has 3 heteroatoms. The molecule has 1 N–H and O–H groups in total. The molecule has 2 aromatic rings. The summed E-state index contributed by atoms with van der Waals surface area (Å²) in [5, 5.41) is 9.05. The van der Waals surface area contributed by atoms with Gasteiger partial charge in [-0.15, -0.1) is 0 Å². The molecule has 2 rings (SSSR count). The van der Waals surface area contributed by atoms with E-state index in [1.807, 2.05) is 18.3 Å². The van der Waals surface area contributed by atoms with Crippen LogP contribution >= 0.6 is 0 Å². The van der Waals surface area contributed by atoms with Crippen LogP contribution in [0.4, 0.5) is 0 Å². The topological polar surface area (TPSA) is 48.8 Å². The summed E-state index contributed by atoms with van der Waals surface area (Å²) < 4.78 is 5.36. The molecule has 0 radical (unpaired) electrons. The number of rotatable bonds is 3. The van der Waals surface area contributed by atoms with Crippen LogP contribution in [0.5, 0.6) is 5.75 Å². The zero-order valence-corrected chi connectivity index (χ0v) is 10.8. The van der Waals surface area contributed by atoms with Gasteiger partial charge in [0.15, 0.2) is 0 Å². The lowest BCUT2D eigenvalue weighted by molar-refractivity contribution is 0.407. The van der Waals surface area contributed by atoms with E-state index in [-0.39, 0.29) is 0 Å². The lowest BCUT2D eigenvalue weighted by atomic mass is 9.96. The fourth-order valence-electron chi connectivity index (χ4n) is 2.05. The highest BCUT2D eigenvalue weighted by atomic mass is 16.5. The largest absolute Gasteiger partial charge is 0.496 e. The van der Waals surface area contributed by atoms with Gasteiger partial charge in [0.1, 0.15) is 11.8 Å². The van der Waals surface area contributed by atoms with E-state index in [0.29, 0.717) is 11.5 Å². The summed E-state index contributed by atoms with van der Waals surface area (Å²) in [6, 6.07) is 8.22. The van der Waals surface area contributed by atoms with E-state index in [2.05, 4.69) is 31.0 Å². The Morgan fingerprint density at radius 2 is 2.06 bits per heavy atom. The zero-order chi connectivity index (χ0) is 13.1. The van der Waals surface area contributed by atoms with Crippen molar-refractivity contribution in [3.05, 3.63) is 41.7 Å². The maximum absolute atomic E-state index is 9.05. The van der Waals surface area contributed by atoms with Gasteiger partial charge in [0.05, 0.1) is 12.7 Å². The first-order valence-corrected chi connectivity index (χ1v) is 5.92. The SMILES string of the molecule is COc1ccc(-c2c[nH]cc2C#N)cc1C(C)C. The van der Waals surface area contributed by atoms with E-state index < -0.39 is 0 Å². The number of aromatic nitrogens is 1. The van der Waals surface area contributed by atoms with Crippen molar-refractivity contribution in [1.29, 1.82) is 5.26 Å². The molecule has 1 aromatic heterocycles. The highest BCUT2D eigenvalue weighted by Gasteiger charge is 2.11. The minimum atomic E-state index is 0.379. The van der Waals surface area contributed by atoms with E-state index in [9.17, 15) is 0 Å². The fourth-order valence-corrected chi connectivity index (χ4v) is 2.05. The number of nitrogens with zero attached hydrogens (tertiary/aromatic N) is 1. The first-order chi connectivity index (χ1) is 8.67. The average Bonchev–Trinajstić information content (AvgIpc) is 2.86. The molecule has 1 aromatic carbocycles. The first-order valence-electron chi connectivity index (χ1n) is 5.92. The number of H-pyrrole nitrogens is 1. The van der Waals surface area contributed by atoms with Crippen molar-refractivity contribution in [2.24, 2.45) is 0 Å². The monoisotopic (exact) mass is 240 g/mol. The molecular weight excluding hydrogens is 224 g/mol. The first kappa shape index (κ1) is 12.3. The second-order valence-corrected chi connectivity index (χ2v) is 4.51.